The van der Waals surface area contributed by atoms with Crippen LogP contribution in [0.4, 0.5) is 0 Å². The Balaban J connectivity index is 2.08. The van der Waals surface area contributed by atoms with E-state index in [9.17, 15) is 4.79 Å². The van der Waals surface area contributed by atoms with E-state index in [1.165, 1.54) is 12.7 Å². The lowest BCUT2D eigenvalue weighted by Gasteiger charge is -2.13. The summed E-state index contributed by atoms with van der Waals surface area (Å²) >= 11 is 3.51. The van der Waals surface area contributed by atoms with Crippen LogP contribution in [-0.2, 0) is 11.2 Å². The van der Waals surface area contributed by atoms with Crippen molar-refractivity contribution in [1.82, 2.24) is 0 Å². The van der Waals surface area contributed by atoms with Crippen LogP contribution in [0.2, 0.25) is 0 Å². The molecule has 0 amide bonds. The van der Waals surface area contributed by atoms with E-state index in [-0.39, 0.29) is 5.97 Å². The Morgan fingerprint density at radius 2 is 1.95 bits per heavy atom. The van der Waals surface area contributed by atoms with Gasteiger partial charge in [-0.25, -0.2) is 4.79 Å². The Morgan fingerprint density at radius 1 is 1.19 bits per heavy atom. The molecule has 0 aromatic heterocycles. The second-order valence-corrected chi connectivity index (χ2v) is 6.06. The van der Waals surface area contributed by atoms with Crippen LogP contribution in [0.25, 0.3) is 0 Å². The molecule has 0 aliphatic carbocycles. The third-order valence-corrected chi connectivity index (χ3v) is 4.18. The Kier molecular flexibility index (Phi) is 5.57. The molecular weight excluding hydrogens is 328 g/mol. The van der Waals surface area contributed by atoms with Gasteiger partial charge in [0.1, 0.15) is 0 Å². The number of ether oxygens (including phenoxy) is 1. The van der Waals surface area contributed by atoms with Crippen molar-refractivity contribution in [3.8, 4) is 0 Å². The van der Waals surface area contributed by atoms with Gasteiger partial charge in [-0.2, -0.15) is 0 Å². The first-order valence-electron chi connectivity index (χ1n) is 7.03. The van der Waals surface area contributed by atoms with Gasteiger partial charge in [0.15, 0.2) is 0 Å². The van der Waals surface area contributed by atoms with E-state index < -0.39 is 0 Å². The molecule has 2 aromatic carbocycles. The summed E-state index contributed by atoms with van der Waals surface area (Å²) in [6, 6.07) is 16.0. The quantitative estimate of drug-likeness (QED) is 0.714. The van der Waals surface area contributed by atoms with Gasteiger partial charge in [-0.3, -0.25) is 0 Å². The lowest BCUT2D eigenvalue weighted by molar-refractivity contribution is 0.0599. The minimum Gasteiger partial charge on any atom is -0.465 e. The molecule has 0 aliphatic rings. The summed E-state index contributed by atoms with van der Waals surface area (Å²) in [6.45, 7) is 2.21. The van der Waals surface area contributed by atoms with Crippen LogP contribution in [0.15, 0.2) is 53.0 Å². The summed E-state index contributed by atoms with van der Waals surface area (Å²) in [4.78, 5) is 11.8. The van der Waals surface area contributed by atoms with E-state index in [1.54, 1.807) is 0 Å². The normalized spacial score (nSPS) is 12.0. The molecule has 0 heterocycles. The monoisotopic (exact) mass is 346 g/mol. The van der Waals surface area contributed by atoms with Crippen molar-refractivity contribution in [2.75, 3.05) is 7.11 Å². The third-order valence-electron chi connectivity index (χ3n) is 3.69. The van der Waals surface area contributed by atoms with E-state index in [2.05, 4.69) is 41.1 Å². The molecule has 0 bridgehead atoms. The molecule has 110 valence electrons. The van der Waals surface area contributed by atoms with Crippen LogP contribution in [0.1, 0.15) is 40.7 Å². The number of methoxy groups -OCH3 is 1. The van der Waals surface area contributed by atoms with Gasteiger partial charge in [0.25, 0.3) is 0 Å². The lowest BCUT2D eigenvalue weighted by Crippen LogP contribution is -2.06. The smallest absolute Gasteiger partial charge is 0.338 e. The molecule has 2 aromatic rings. The summed E-state index contributed by atoms with van der Waals surface area (Å²) in [5.41, 5.74) is 3.02. The highest BCUT2D eigenvalue weighted by Crippen LogP contribution is 2.25. The number of hydrogen-bond donors (Lipinski definition) is 0. The highest BCUT2D eigenvalue weighted by atomic mass is 79.9. The molecule has 2 nitrogen and oxygen atoms in total. The summed E-state index contributed by atoms with van der Waals surface area (Å²) < 4.78 is 5.94. The third kappa shape index (κ3) is 4.18. The van der Waals surface area contributed by atoms with Gasteiger partial charge in [-0.1, -0.05) is 53.2 Å². The summed E-state index contributed by atoms with van der Waals surface area (Å²) in [5, 5.41) is 0. The second kappa shape index (κ2) is 7.41. The molecular formula is C18H19BrO2. The molecule has 21 heavy (non-hydrogen) atoms. The zero-order chi connectivity index (χ0) is 15.2. The van der Waals surface area contributed by atoms with Crippen LogP contribution >= 0.6 is 15.9 Å². The molecule has 1 atom stereocenters. The first kappa shape index (κ1) is 15.8. The molecule has 0 N–H and O–H groups in total. The lowest BCUT2D eigenvalue weighted by atomic mass is 9.92. The summed E-state index contributed by atoms with van der Waals surface area (Å²) in [5.74, 6) is 0.175. The number of benzene rings is 2. The van der Waals surface area contributed by atoms with Crippen molar-refractivity contribution in [2.45, 2.75) is 25.7 Å². The van der Waals surface area contributed by atoms with Crippen molar-refractivity contribution >= 4 is 21.9 Å². The summed E-state index contributed by atoms with van der Waals surface area (Å²) in [6.07, 6.45) is 1.85. The van der Waals surface area contributed by atoms with Crippen molar-refractivity contribution in [1.29, 1.82) is 0 Å². The fourth-order valence-electron chi connectivity index (χ4n) is 2.40. The maximum Gasteiger partial charge on any atom is 0.338 e. The number of rotatable bonds is 5. The van der Waals surface area contributed by atoms with Crippen LogP contribution in [-0.4, -0.2) is 13.1 Å². The number of halogens is 1. The number of carbonyl (C=O) groups is 1. The van der Waals surface area contributed by atoms with Gasteiger partial charge >= 0.3 is 5.97 Å². The Hall–Kier alpha value is -1.61. The zero-order valence-electron chi connectivity index (χ0n) is 12.3. The number of aryl methyl sites for hydroxylation is 1. The number of esters is 1. The molecule has 3 heteroatoms. The maximum atomic E-state index is 11.8. The molecule has 0 radical (unpaired) electrons. The second-order valence-electron chi connectivity index (χ2n) is 5.14. The highest BCUT2D eigenvalue weighted by Gasteiger charge is 2.12. The van der Waals surface area contributed by atoms with E-state index >= 15 is 0 Å². The topological polar surface area (TPSA) is 26.3 Å². The van der Waals surface area contributed by atoms with Gasteiger partial charge in [-0.05, 0) is 48.1 Å². The fourth-order valence-corrected chi connectivity index (χ4v) is 2.82. The van der Waals surface area contributed by atoms with Gasteiger partial charge in [-0.15, -0.1) is 0 Å². The predicted octanol–water partition coefficient (Wildman–Crippen LogP) is 4.97. The first-order valence-corrected chi connectivity index (χ1v) is 7.83. The van der Waals surface area contributed by atoms with E-state index in [4.69, 9.17) is 4.74 Å². The SMILES string of the molecule is COC(=O)c1ccccc1CC[C@H](C)c1cccc(Br)c1. The Bertz CT molecular complexity index is 622. The van der Waals surface area contributed by atoms with Crippen LogP contribution in [0, 0.1) is 0 Å². The van der Waals surface area contributed by atoms with Gasteiger partial charge < -0.3 is 4.74 Å². The minimum absolute atomic E-state index is 0.263. The standard InChI is InChI=1S/C18H19BrO2/c1-13(15-7-5-8-16(19)12-15)10-11-14-6-3-4-9-17(14)18(20)21-2/h3-9,12-13H,10-11H2,1-2H3/t13-/m0/s1. The molecule has 0 unspecified atom stereocenters. The average Bonchev–Trinajstić information content (AvgIpc) is 2.52. The fraction of sp³-hybridized carbons (Fsp3) is 0.278. The average molecular weight is 347 g/mol. The van der Waals surface area contributed by atoms with Crippen molar-refractivity contribution in [3.63, 3.8) is 0 Å². The van der Waals surface area contributed by atoms with Crippen LogP contribution in [0.3, 0.4) is 0 Å². The number of hydrogen-bond acceptors (Lipinski definition) is 2. The van der Waals surface area contributed by atoms with Crippen molar-refractivity contribution in [3.05, 3.63) is 69.7 Å². The molecule has 2 rings (SSSR count). The molecule has 0 saturated carbocycles. The molecule has 0 fully saturated rings. The van der Waals surface area contributed by atoms with Gasteiger partial charge in [0.05, 0.1) is 12.7 Å². The van der Waals surface area contributed by atoms with Crippen LogP contribution in [0.5, 0.6) is 0 Å². The van der Waals surface area contributed by atoms with Crippen LogP contribution < -0.4 is 0 Å². The first-order chi connectivity index (χ1) is 10.1. The van der Waals surface area contributed by atoms with Gasteiger partial charge in [0, 0.05) is 4.47 Å². The summed E-state index contributed by atoms with van der Waals surface area (Å²) in [7, 11) is 1.42. The number of carbonyl (C=O) groups excluding carboxylic acids is 1. The molecule has 0 aliphatic heterocycles. The van der Waals surface area contributed by atoms with E-state index in [0.29, 0.717) is 11.5 Å². The predicted molar refractivity (Wildman–Crippen MR) is 88.7 cm³/mol. The van der Waals surface area contributed by atoms with Crippen molar-refractivity contribution < 1.29 is 9.53 Å². The van der Waals surface area contributed by atoms with Crippen molar-refractivity contribution in [2.24, 2.45) is 0 Å². The zero-order valence-corrected chi connectivity index (χ0v) is 13.9. The van der Waals surface area contributed by atoms with E-state index in [0.717, 1.165) is 22.9 Å². The highest BCUT2D eigenvalue weighted by molar-refractivity contribution is 9.10. The molecule has 0 saturated heterocycles. The molecule has 0 spiro atoms. The van der Waals surface area contributed by atoms with E-state index in [1.807, 2.05) is 30.3 Å². The largest absolute Gasteiger partial charge is 0.465 e. The maximum absolute atomic E-state index is 11.8. The van der Waals surface area contributed by atoms with Gasteiger partial charge in [0.2, 0.25) is 0 Å². The Morgan fingerprint density at radius 3 is 2.67 bits per heavy atom. The minimum atomic E-state index is -0.263. The Labute approximate surface area is 134 Å².